The van der Waals surface area contributed by atoms with Crippen LogP contribution < -0.4 is 0 Å². The van der Waals surface area contributed by atoms with Crippen LogP contribution in [-0.2, 0) is 11.3 Å². The quantitative estimate of drug-likeness (QED) is 0.444. The van der Waals surface area contributed by atoms with E-state index in [9.17, 15) is 0 Å². The van der Waals surface area contributed by atoms with E-state index in [1.807, 2.05) is 0 Å². The highest BCUT2D eigenvalue weighted by molar-refractivity contribution is 6.07. The Morgan fingerprint density at radius 1 is 0.955 bits per heavy atom. The lowest BCUT2D eigenvalue weighted by molar-refractivity contribution is 0.131. The largest absolute Gasteiger partial charge is 0.379 e. The van der Waals surface area contributed by atoms with Gasteiger partial charge in [0, 0.05) is 28.4 Å². The lowest BCUT2D eigenvalue weighted by atomic mass is 10.2. The first-order valence-corrected chi connectivity index (χ1v) is 7.65. The molecule has 0 fully saturated rings. The number of nitrogens with zero attached hydrogens (tertiary/aromatic N) is 1. The summed E-state index contributed by atoms with van der Waals surface area (Å²) in [5.74, 6) is 0. The lowest BCUT2D eigenvalue weighted by Crippen LogP contribution is -2.06. The molecule has 0 saturated heterocycles. The minimum Gasteiger partial charge on any atom is -0.379 e. The summed E-state index contributed by atoms with van der Waals surface area (Å²) in [5.41, 5.74) is 3.56. The second-order valence-electron chi connectivity index (χ2n) is 5.41. The fourth-order valence-corrected chi connectivity index (χ4v) is 2.81. The number of para-hydroxylation sites is 2. The number of hydrogen-bond acceptors (Lipinski definition) is 1. The van der Waals surface area contributed by atoms with Crippen LogP contribution in [0.25, 0.3) is 21.8 Å². The van der Waals surface area contributed by atoms with Gasteiger partial charge in [0.25, 0.3) is 0 Å². The summed E-state index contributed by atoms with van der Waals surface area (Å²) in [6.45, 7) is 9.86. The maximum Gasteiger partial charge on any atom is 0.0646 e. The van der Waals surface area contributed by atoms with E-state index >= 15 is 0 Å². The number of fused-ring (bicyclic) bond motifs is 3. The van der Waals surface area contributed by atoms with Crippen LogP contribution in [0.4, 0.5) is 0 Å². The molecule has 1 aromatic heterocycles. The number of benzene rings is 2. The van der Waals surface area contributed by atoms with Gasteiger partial charge in [-0.05, 0) is 18.6 Å². The molecule has 0 N–H and O–H groups in total. The standard InChI is InChI=1S/C20H21NO/c1-3-16(2)12-14-22-15-13-21-19-10-6-4-8-17(19)18-9-5-7-11-20(18)21/h3-11H,1-2,12-15H2. The summed E-state index contributed by atoms with van der Waals surface area (Å²) in [4.78, 5) is 0. The van der Waals surface area contributed by atoms with Gasteiger partial charge < -0.3 is 9.30 Å². The van der Waals surface area contributed by atoms with Crippen molar-refractivity contribution in [3.05, 3.63) is 73.3 Å². The van der Waals surface area contributed by atoms with Crippen molar-refractivity contribution in [2.24, 2.45) is 0 Å². The van der Waals surface area contributed by atoms with Gasteiger partial charge in [-0.25, -0.2) is 0 Å². The van der Waals surface area contributed by atoms with Gasteiger partial charge in [0.2, 0.25) is 0 Å². The van der Waals surface area contributed by atoms with Crippen molar-refractivity contribution < 1.29 is 4.74 Å². The number of hydrogen-bond donors (Lipinski definition) is 0. The summed E-state index contributed by atoms with van der Waals surface area (Å²) < 4.78 is 8.09. The molecule has 0 radical (unpaired) electrons. The summed E-state index contributed by atoms with van der Waals surface area (Å²) in [5, 5.41) is 2.61. The van der Waals surface area contributed by atoms with Gasteiger partial charge >= 0.3 is 0 Å². The van der Waals surface area contributed by atoms with Crippen LogP contribution in [0.5, 0.6) is 0 Å². The Bertz CT molecular complexity index is 760. The second-order valence-corrected chi connectivity index (χ2v) is 5.41. The third-order valence-corrected chi connectivity index (χ3v) is 4.00. The van der Waals surface area contributed by atoms with Crippen LogP contribution >= 0.6 is 0 Å². The van der Waals surface area contributed by atoms with E-state index in [0.717, 1.165) is 18.5 Å². The molecule has 3 aromatic rings. The van der Waals surface area contributed by atoms with E-state index in [-0.39, 0.29) is 0 Å². The zero-order valence-electron chi connectivity index (χ0n) is 12.8. The molecule has 22 heavy (non-hydrogen) atoms. The van der Waals surface area contributed by atoms with E-state index in [4.69, 9.17) is 4.74 Å². The minimum absolute atomic E-state index is 0.696. The monoisotopic (exact) mass is 291 g/mol. The first kappa shape index (κ1) is 14.6. The van der Waals surface area contributed by atoms with Crippen molar-refractivity contribution in [1.29, 1.82) is 0 Å². The fourth-order valence-electron chi connectivity index (χ4n) is 2.81. The second kappa shape index (κ2) is 6.63. The van der Waals surface area contributed by atoms with Crippen LogP contribution in [0.15, 0.2) is 73.3 Å². The summed E-state index contributed by atoms with van der Waals surface area (Å²) in [6.07, 6.45) is 2.63. The molecule has 0 unspecified atom stereocenters. The molecular formula is C20H21NO. The highest BCUT2D eigenvalue weighted by Crippen LogP contribution is 2.28. The van der Waals surface area contributed by atoms with Gasteiger partial charge in [-0.2, -0.15) is 0 Å². The van der Waals surface area contributed by atoms with E-state index < -0.39 is 0 Å². The zero-order chi connectivity index (χ0) is 15.4. The fraction of sp³-hybridized carbons (Fsp3) is 0.200. The first-order valence-electron chi connectivity index (χ1n) is 7.65. The van der Waals surface area contributed by atoms with Crippen molar-refractivity contribution in [2.45, 2.75) is 13.0 Å². The van der Waals surface area contributed by atoms with Crippen LogP contribution in [0.3, 0.4) is 0 Å². The molecule has 0 atom stereocenters. The van der Waals surface area contributed by atoms with E-state index in [1.165, 1.54) is 21.8 Å². The number of aromatic nitrogens is 1. The Balaban J connectivity index is 1.77. The average molecular weight is 291 g/mol. The highest BCUT2D eigenvalue weighted by Gasteiger charge is 2.08. The zero-order valence-corrected chi connectivity index (χ0v) is 12.8. The van der Waals surface area contributed by atoms with Crippen molar-refractivity contribution in [3.63, 3.8) is 0 Å². The molecule has 2 heteroatoms. The van der Waals surface area contributed by atoms with Gasteiger partial charge in [-0.3, -0.25) is 0 Å². The topological polar surface area (TPSA) is 14.2 Å². The van der Waals surface area contributed by atoms with Gasteiger partial charge in [-0.1, -0.05) is 61.2 Å². The van der Waals surface area contributed by atoms with Gasteiger partial charge in [0.1, 0.15) is 0 Å². The Labute approximate surface area is 131 Å². The van der Waals surface area contributed by atoms with E-state index in [0.29, 0.717) is 13.2 Å². The molecule has 3 rings (SSSR count). The summed E-state index contributed by atoms with van der Waals surface area (Å²) in [6, 6.07) is 17.1. The van der Waals surface area contributed by atoms with Crippen molar-refractivity contribution in [1.82, 2.24) is 4.57 Å². The smallest absolute Gasteiger partial charge is 0.0646 e. The molecule has 0 saturated carbocycles. The predicted octanol–water partition coefficient (Wildman–Crippen LogP) is 4.94. The van der Waals surface area contributed by atoms with E-state index in [2.05, 4.69) is 66.3 Å². The molecule has 0 spiro atoms. The third kappa shape index (κ3) is 2.83. The molecule has 2 nitrogen and oxygen atoms in total. The maximum atomic E-state index is 5.75. The van der Waals surface area contributed by atoms with Crippen LogP contribution in [0, 0.1) is 0 Å². The number of ether oxygens (including phenoxy) is 1. The molecule has 0 amide bonds. The molecule has 0 bridgehead atoms. The number of allylic oxidation sites excluding steroid dienone is 1. The minimum atomic E-state index is 0.696. The van der Waals surface area contributed by atoms with Crippen LogP contribution in [0.1, 0.15) is 6.42 Å². The third-order valence-electron chi connectivity index (χ3n) is 4.00. The van der Waals surface area contributed by atoms with Crippen LogP contribution in [0.2, 0.25) is 0 Å². The molecule has 0 aliphatic rings. The first-order chi connectivity index (χ1) is 10.8. The van der Waals surface area contributed by atoms with Gasteiger partial charge in [-0.15, -0.1) is 0 Å². The maximum absolute atomic E-state index is 5.75. The molecule has 1 heterocycles. The highest BCUT2D eigenvalue weighted by atomic mass is 16.5. The number of rotatable bonds is 7. The molecule has 0 aliphatic heterocycles. The Morgan fingerprint density at radius 3 is 2.14 bits per heavy atom. The summed E-state index contributed by atoms with van der Waals surface area (Å²) >= 11 is 0. The summed E-state index contributed by atoms with van der Waals surface area (Å²) in [7, 11) is 0. The normalized spacial score (nSPS) is 11.1. The molecule has 112 valence electrons. The molecule has 0 aliphatic carbocycles. The Morgan fingerprint density at radius 2 is 1.55 bits per heavy atom. The van der Waals surface area contributed by atoms with Gasteiger partial charge in [0.05, 0.1) is 13.2 Å². The van der Waals surface area contributed by atoms with E-state index in [1.54, 1.807) is 6.08 Å². The van der Waals surface area contributed by atoms with Crippen LogP contribution in [-0.4, -0.2) is 17.8 Å². The van der Waals surface area contributed by atoms with Crippen molar-refractivity contribution in [3.8, 4) is 0 Å². The lowest BCUT2D eigenvalue weighted by Gasteiger charge is -2.08. The Kier molecular flexibility index (Phi) is 4.40. The molecule has 2 aromatic carbocycles. The molecular weight excluding hydrogens is 270 g/mol. The Hall–Kier alpha value is -2.32. The van der Waals surface area contributed by atoms with Crippen molar-refractivity contribution >= 4 is 21.8 Å². The van der Waals surface area contributed by atoms with Gasteiger partial charge in [0.15, 0.2) is 0 Å². The predicted molar refractivity (Wildman–Crippen MR) is 94.2 cm³/mol. The van der Waals surface area contributed by atoms with Crippen molar-refractivity contribution in [2.75, 3.05) is 13.2 Å². The average Bonchev–Trinajstić information content (AvgIpc) is 2.89. The SMILES string of the molecule is C=CC(=C)CCOCCn1c2ccccc2c2ccccc21.